The van der Waals surface area contributed by atoms with E-state index in [0.29, 0.717) is 5.92 Å². The Morgan fingerprint density at radius 1 is 1.05 bits per heavy atom. The number of amides is 1. The van der Waals surface area contributed by atoms with Crippen LogP contribution >= 0.6 is 0 Å². The Morgan fingerprint density at radius 3 is 2.26 bits per heavy atom. The monoisotopic (exact) mass is 270 g/mol. The maximum Gasteiger partial charge on any atom is 0.220 e. The summed E-state index contributed by atoms with van der Waals surface area (Å²) < 4.78 is 0. The molecule has 0 saturated heterocycles. The van der Waals surface area contributed by atoms with Crippen molar-refractivity contribution < 1.29 is 4.79 Å². The number of hydrogen-bond donors (Lipinski definition) is 1. The first-order valence-corrected chi connectivity index (χ1v) is 8.01. The SMILES string of the molecule is CCCCCC(CCCC)CC(=O)NCCN(C)C. The van der Waals surface area contributed by atoms with Crippen molar-refractivity contribution in [3.8, 4) is 0 Å². The number of nitrogens with one attached hydrogen (secondary N) is 1. The third-order valence-corrected chi connectivity index (χ3v) is 3.54. The van der Waals surface area contributed by atoms with E-state index in [2.05, 4.69) is 24.1 Å². The van der Waals surface area contributed by atoms with E-state index < -0.39 is 0 Å². The largest absolute Gasteiger partial charge is 0.355 e. The van der Waals surface area contributed by atoms with E-state index in [0.717, 1.165) is 19.5 Å². The molecule has 1 unspecified atom stereocenters. The molecule has 0 aliphatic carbocycles. The second-order valence-electron chi connectivity index (χ2n) is 5.86. The molecule has 0 aliphatic rings. The minimum absolute atomic E-state index is 0.236. The summed E-state index contributed by atoms with van der Waals surface area (Å²) >= 11 is 0. The second kappa shape index (κ2) is 12.5. The van der Waals surface area contributed by atoms with Crippen LogP contribution in [0.1, 0.15) is 65.2 Å². The highest BCUT2D eigenvalue weighted by molar-refractivity contribution is 5.76. The molecule has 0 spiro atoms. The van der Waals surface area contributed by atoms with Gasteiger partial charge in [-0.1, -0.05) is 46.0 Å². The predicted molar refractivity (Wildman–Crippen MR) is 83.3 cm³/mol. The van der Waals surface area contributed by atoms with Gasteiger partial charge in [-0.15, -0.1) is 0 Å². The van der Waals surface area contributed by atoms with E-state index >= 15 is 0 Å². The minimum Gasteiger partial charge on any atom is -0.355 e. The maximum atomic E-state index is 11.9. The van der Waals surface area contributed by atoms with Gasteiger partial charge in [-0.3, -0.25) is 4.79 Å². The lowest BCUT2D eigenvalue weighted by Crippen LogP contribution is -2.32. The van der Waals surface area contributed by atoms with Crippen LogP contribution in [0.15, 0.2) is 0 Å². The van der Waals surface area contributed by atoms with Crippen LogP contribution in [0.5, 0.6) is 0 Å². The van der Waals surface area contributed by atoms with Gasteiger partial charge in [0.2, 0.25) is 5.91 Å². The molecule has 19 heavy (non-hydrogen) atoms. The summed E-state index contributed by atoms with van der Waals surface area (Å²) in [5.74, 6) is 0.824. The molecular weight excluding hydrogens is 236 g/mol. The molecule has 0 radical (unpaired) electrons. The van der Waals surface area contributed by atoms with Crippen molar-refractivity contribution in [3.63, 3.8) is 0 Å². The first-order valence-electron chi connectivity index (χ1n) is 8.01. The van der Waals surface area contributed by atoms with Gasteiger partial charge in [0.05, 0.1) is 0 Å². The van der Waals surface area contributed by atoms with Gasteiger partial charge in [0, 0.05) is 19.5 Å². The van der Waals surface area contributed by atoms with Crippen LogP contribution in [0.3, 0.4) is 0 Å². The van der Waals surface area contributed by atoms with E-state index in [9.17, 15) is 4.79 Å². The van der Waals surface area contributed by atoms with Crippen LogP contribution < -0.4 is 5.32 Å². The summed E-state index contributed by atoms with van der Waals surface area (Å²) in [6.07, 6.45) is 9.46. The molecule has 0 rings (SSSR count). The number of hydrogen-bond acceptors (Lipinski definition) is 2. The van der Waals surface area contributed by atoms with Crippen molar-refractivity contribution in [3.05, 3.63) is 0 Å². The highest BCUT2D eigenvalue weighted by atomic mass is 16.1. The zero-order chi connectivity index (χ0) is 14.5. The van der Waals surface area contributed by atoms with Gasteiger partial charge in [-0.05, 0) is 32.9 Å². The first kappa shape index (κ1) is 18.4. The van der Waals surface area contributed by atoms with E-state index in [1.54, 1.807) is 0 Å². The zero-order valence-electron chi connectivity index (χ0n) is 13.5. The van der Waals surface area contributed by atoms with Crippen molar-refractivity contribution in [2.45, 2.75) is 65.2 Å². The molecule has 0 aromatic heterocycles. The summed E-state index contributed by atoms with van der Waals surface area (Å²) in [5, 5.41) is 3.03. The second-order valence-corrected chi connectivity index (χ2v) is 5.86. The summed E-state index contributed by atoms with van der Waals surface area (Å²) in [4.78, 5) is 14.0. The van der Waals surface area contributed by atoms with Crippen LogP contribution in [-0.4, -0.2) is 38.0 Å². The van der Waals surface area contributed by atoms with Gasteiger partial charge in [0.1, 0.15) is 0 Å². The predicted octanol–water partition coefficient (Wildman–Crippen LogP) is 3.44. The molecule has 0 aliphatic heterocycles. The fraction of sp³-hybridized carbons (Fsp3) is 0.938. The van der Waals surface area contributed by atoms with E-state index in [1.807, 2.05) is 14.1 Å². The molecular formula is C16H34N2O. The average Bonchev–Trinajstić information content (AvgIpc) is 2.35. The molecule has 0 heterocycles. The number of likely N-dealkylation sites (N-methyl/N-ethyl adjacent to an activating group) is 1. The molecule has 1 amide bonds. The lowest BCUT2D eigenvalue weighted by molar-refractivity contribution is -0.122. The van der Waals surface area contributed by atoms with Gasteiger partial charge in [0.25, 0.3) is 0 Å². The molecule has 1 N–H and O–H groups in total. The number of carbonyl (C=O) groups excluding carboxylic acids is 1. The third kappa shape index (κ3) is 12.2. The summed E-state index contributed by atoms with van der Waals surface area (Å²) in [5.41, 5.74) is 0. The molecule has 114 valence electrons. The Hall–Kier alpha value is -0.570. The molecule has 0 aromatic carbocycles. The van der Waals surface area contributed by atoms with Crippen LogP contribution in [0.2, 0.25) is 0 Å². The molecule has 0 fully saturated rings. The third-order valence-electron chi connectivity index (χ3n) is 3.54. The van der Waals surface area contributed by atoms with Gasteiger partial charge in [-0.25, -0.2) is 0 Å². The Kier molecular flexibility index (Phi) is 12.1. The van der Waals surface area contributed by atoms with Crippen molar-refractivity contribution in [1.82, 2.24) is 10.2 Å². The van der Waals surface area contributed by atoms with Crippen LogP contribution in [-0.2, 0) is 4.79 Å². The molecule has 0 bridgehead atoms. The Morgan fingerprint density at radius 2 is 1.68 bits per heavy atom. The fourth-order valence-corrected chi connectivity index (χ4v) is 2.28. The lowest BCUT2D eigenvalue weighted by Gasteiger charge is -2.17. The molecule has 3 nitrogen and oxygen atoms in total. The van der Waals surface area contributed by atoms with Crippen LogP contribution in [0.25, 0.3) is 0 Å². The summed E-state index contributed by atoms with van der Waals surface area (Å²) in [6.45, 7) is 6.14. The van der Waals surface area contributed by atoms with Crippen molar-refractivity contribution in [1.29, 1.82) is 0 Å². The van der Waals surface area contributed by atoms with Crippen LogP contribution in [0, 0.1) is 5.92 Å². The highest BCUT2D eigenvalue weighted by Crippen LogP contribution is 2.20. The number of unbranched alkanes of at least 4 members (excludes halogenated alkanes) is 3. The molecule has 0 saturated carbocycles. The number of rotatable bonds is 12. The maximum absolute atomic E-state index is 11.9. The Bertz CT molecular complexity index is 217. The van der Waals surface area contributed by atoms with Gasteiger partial charge in [-0.2, -0.15) is 0 Å². The zero-order valence-corrected chi connectivity index (χ0v) is 13.5. The van der Waals surface area contributed by atoms with E-state index in [-0.39, 0.29) is 5.91 Å². The fourth-order valence-electron chi connectivity index (χ4n) is 2.28. The van der Waals surface area contributed by atoms with Crippen LogP contribution in [0.4, 0.5) is 0 Å². The summed E-state index contributed by atoms with van der Waals surface area (Å²) in [7, 11) is 4.06. The molecule has 0 aromatic rings. The van der Waals surface area contributed by atoms with E-state index in [1.165, 1.54) is 44.9 Å². The van der Waals surface area contributed by atoms with Gasteiger partial charge < -0.3 is 10.2 Å². The summed E-state index contributed by atoms with van der Waals surface area (Å²) in [6, 6.07) is 0. The lowest BCUT2D eigenvalue weighted by atomic mass is 9.92. The Balaban J connectivity index is 3.89. The smallest absolute Gasteiger partial charge is 0.220 e. The number of nitrogens with zero attached hydrogens (tertiary/aromatic N) is 1. The van der Waals surface area contributed by atoms with Gasteiger partial charge >= 0.3 is 0 Å². The Labute approximate surface area is 120 Å². The number of carbonyl (C=O) groups is 1. The standard InChI is InChI=1S/C16H34N2O/c1-5-7-9-11-15(10-8-6-2)14-16(19)17-12-13-18(3)4/h15H,5-14H2,1-4H3,(H,17,19). The molecule has 3 heteroatoms. The van der Waals surface area contributed by atoms with E-state index in [4.69, 9.17) is 0 Å². The molecule has 1 atom stereocenters. The van der Waals surface area contributed by atoms with Crippen molar-refractivity contribution in [2.24, 2.45) is 5.92 Å². The van der Waals surface area contributed by atoms with Gasteiger partial charge in [0.15, 0.2) is 0 Å². The quantitative estimate of drug-likeness (QED) is 0.551. The average molecular weight is 270 g/mol. The van der Waals surface area contributed by atoms with Crippen molar-refractivity contribution >= 4 is 5.91 Å². The van der Waals surface area contributed by atoms with Crippen molar-refractivity contribution in [2.75, 3.05) is 27.2 Å². The first-order chi connectivity index (χ1) is 9.10. The normalized spacial score (nSPS) is 12.7. The topological polar surface area (TPSA) is 32.3 Å². The minimum atomic E-state index is 0.236. The highest BCUT2D eigenvalue weighted by Gasteiger charge is 2.13.